The van der Waals surface area contributed by atoms with E-state index in [1.165, 1.54) is 10.6 Å². The molecule has 1 heterocycles. The molecule has 1 N–H and O–H groups in total. The van der Waals surface area contributed by atoms with Crippen LogP contribution in [-0.2, 0) is 6.42 Å². The molecule has 0 fully saturated rings. The van der Waals surface area contributed by atoms with Gasteiger partial charge in [-0.05, 0) is 31.7 Å². The van der Waals surface area contributed by atoms with Crippen LogP contribution in [0.2, 0.25) is 0 Å². The fraction of sp³-hybridized carbons (Fsp3) is 0.308. The zero-order valence-electron chi connectivity index (χ0n) is 9.90. The predicted octanol–water partition coefficient (Wildman–Crippen LogP) is 3.72. The summed E-state index contributed by atoms with van der Waals surface area (Å²) < 4.78 is 1.11. The number of aromatic nitrogens is 1. The van der Waals surface area contributed by atoms with Crippen LogP contribution >= 0.6 is 27.3 Å². The van der Waals surface area contributed by atoms with Crippen molar-refractivity contribution in [2.45, 2.75) is 19.4 Å². The Morgan fingerprint density at radius 2 is 2.06 bits per heavy atom. The van der Waals surface area contributed by atoms with Crippen LogP contribution in [0.3, 0.4) is 0 Å². The number of benzene rings is 1. The summed E-state index contributed by atoms with van der Waals surface area (Å²) >= 11 is 5.19. The molecule has 0 bridgehead atoms. The maximum Gasteiger partial charge on any atom is 0.0947 e. The topological polar surface area (TPSA) is 24.9 Å². The van der Waals surface area contributed by atoms with E-state index in [4.69, 9.17) is 0 Å². The van der Waals surface area contributed by atoms with Crippen LogP contribution in [0.15, 0.2) is 34.1 Å². The van der Waals surface area contributed by atoms with Crippen LogP contribution in [0.4, 0.5) is 0 Å². The van der Waals surface area contributed by atoms with E-state index >= 15 is 0 Å². The van der Waals surface area contributed by atoms with Gasteiger partial charge in [-0.25, -0.2) is 4.98 Å². The van der Waals surface area contributed by atoms with E-state index in [0.717, 1.165) is 16.6 Å². The van der Waals surface area contributed by atoms with E-state index in [1.807, 2.05) is 14.0 Å². The third-order valence-corrected chi connectivity index (χ3v) is 4.18. The van der Waals surface area contributed by atoms with Gasteiger partial charge in [0.05, 0.1) is 5.01 Å². The average molecular weight is 311 g/mol. The zero-order chi connectivity index (χ0) is 12.3. The van der Waals surface area contributed by atoms with Gasteiger partial charge in [0.1, 0.15) is 0 Å². The standard InChI is InChI=1S/C13H15BrN2S/c1-9-8-17-13(16-9)7-12(15-2)10-3-5-11(14)6-4-10/h3-6,8,12,15H,7H2,1-2H3. The number of thiazole rings is 1. The van der Waals surface area contributed by atoms with E-state index in [1.54, 1.807) is 11.3 Å². The highest BCUT2D eigenvalue weighted by Crippen LogP contribution is 2.22. The third kappa shape index (κ3) is 3.37. The molecule has 2 nitrogen and oxygen atoms in total. The third-order valence-electron chi connectivity index (χ3n) is 2.67. The molecule has 0 saturated heterocycles. The minimum absolute atomic E-state index is 0.327. The Morgan fingerprint density at radius 1 is 1.35 bits per heavy atom. The molecule has 4 heteroatoms. The summed E-state index contributed by atoms with van der Waals surface area (Å²) in [5.41, 5.74) is 2.40. The van der Waals surface area contributed by atoms with Crippen LogP contribution in [0, 0.1) is 6.92 Å². The van der Waals surface area contributed by atoms with E-state index in [-0.39, 0.29) is 0 Å². The molecule has 0 amide bonds. The number of nitrogens with zero attached hydrogens (tertiary/aromatic N) is 1. The second-order valence-corrected chi connectivity index (χ2v) is 5.84. The number of likely N-dealkylation sites (N-methyl/N-ethyl adjacent to an activating group) is 1. The van der Waals surface area contributed by atoms with Crippen molar-refractivity contribution in [3.05, 3.63) is 50.4 Å². The molecule has 2 rings (SSSR count). The Kier molecular flexibility index (Phi) is 4.31. The number of hydrogen-bond donors (Lipinski definition) is 1. The van der Waals surface area contributed by atoms with Gasteiger partial charge in [-0.1, -0.05) is 28.1 Å². The monoisotopic (exact) mass is 310 g/mol. The molecule has 90 valence electrons. The molecule has 1 unspecified atom stereocenters. The van der Waals surface area contributed by atoms with Crippen LogP contribution in [-0.4, -0.2) is 12.0 Å². The summed E-state index contributed by atoms with van der Waals surface area (Å²) in [7, 11) is 1.99. The van der Waals surface area contributed by atoms with Gasteiger partial charge in [0.25, 0.3) is 0 Å². The molecule has 0 spiro atoms. The van der Waals surface area contributed by atoms with Gasteiger partial charge in [-0.2, -0.15) is 0 Å². The summed E-state index contributed by atoms with van der Waals surface area (Å²) in [5.74, 6) is 0. The summed E-state index contributed by atoms with van der Waals surface area (Å²) in [4.78, 5) is 4.51. The van der Waals surface area contributed by atoms with Gasteiger partial charge in [-0.3, -0.25) is 0 Å². The molecule has 2 aromatic rings. The molecular weight excluding hydrogens is 296 g/mol. The number of hydrogen-bond acceptors (Lipinski definition) is 3. The molecule has 17 heavy (non-hydrogen) atoms. The van der Waals surface area contributed by atoms with Crippen molar-refractivity contribution in [2.75, 3.05) is 7.05 Å². The lowest BCUT2D eigenvalue weighted by atomic mass is 10.0. The molecule has 1 atom stereocenters. The number of rotatable bonds is 4. The quantitative estimate of drug-likeness (QED) is 0.931. The number of aryl methyl sites for hydroxylation is 1. The lowest BCUT2D eigenvalue weighted by molar-refractivity contribution is 0.590. The van der Waals surface area contributed by atoms with Crippen LogP contribution < -0.4 is 5.32 Å². The highest BCUT2D eigenvalue weighted by atomic mass is 79.9. The minimum atomic E-state index is 0.327. The molecule has 0 aliphatic heterocycles. The highest BCUT2D eigenvalue weighted by molar-refractivity contribution is 9.10. The first kappa shape index (κ1) is 12.7. The van der Waals surface area contributed by atoms with Gasteiger partial charge >= 0.3 is 0 Å². The smallest absolute Gasteiger partial charge is 0.0947 e. The van der Waals surface area contributed by atoms with Crippen molar-refractivity contribution in [2.24, 2.45) is 0 Å². The van der Waals surface area contributed by atoms with Crippen molar-refractivity contribution in [1.82, 2.24) is 10.3 Å². The summed E-state index contributed by atoms with van der Waals surface area (Å²) in [5, 5.41) is 6.63. The summed E-state index contributed by atoms with van der Waals surface area (Å²) in [6.45, 7) is 2.04. The highest BCUT2D eigenvalue weighted by Gasteiger charge is 2.11. The largest absolute Gasteiger partial charge is 0.313 e. The van der Waals surface area contributed by atoms with Gasteiger partial charge in [0.2, 0.25) is 0 Å². The predicted molar refractivity (Wildman–Crippen MR) is 76.5 cm³/mol. The average Bonchev–Trinajstić information content (AvgIpc) is 2.73. The van der Waals surface area contributed by atoms with E-state index in [2.05, 4.69) is 55.9 Å². The lowest BCUT2D eigenvalue weighted by Crippen LogP contribution is -2.18. The molecule has 1 aromatic carbocycles. The number of halogens is 1. The van der Waals surface area contributed by atoms with Gasteiger partial charge in [-0.15, -0.1) is 11.3 Å². The maximum atomic E-state index is 4.51. The first-order chi connectivity index (χ1) is 8.19. The van der Waals surface area contributed by atoms with E-state index in [0.29, 0.717) is 6.04 Å². The Labute approximate surface area is 114 Å². The van der Waals surface area contributed by atoms with Crippen LogP contribution in [0.25, 0.3) is 0 Å². The fourth-order valence-corrected chi connectivity index (χ4v) is 2.84. The van der Waals surface area contributed by atoms with Crippen molar-refractivity contribution in [3.63, 3.8) is 0 Å². The maximum absolute atomic E-state index is 4.51. The van der Waals surface area contributed by atoms with Gasteiger partial charge in [0, 0.05) is 28.0 Å². The number of nitrogens with one attached hydrogen (secondary N) is 1. The van der Waals surface area contributed by atoms with E-state index in [9.17, 15) is 0 Å². The van der Waals surface area contributed by atoms with E-state index < -0.39 is 0 Å². The van der Waals surface area contributed by atoms with Crippen molar-refractivity contribution >= 4 is 27.3 Å². The fourth-order valence-electron chi connectivity index (χ4n) is 1.75. The molecule has 0 radical (unpaired) electrons. The molecule has 0 saturated carbocycles. The molecule has 0 aliphatic carbocycles. The molecule has 0 aliphatic rings. The van der Waals surface area contributed by atoms with Crippen molar-refractivity contribution in [3.8, 4) is 0 Å². The second-order valence-electron chi connectivity index (χ2n) is 3.98. The Balaban J connectivity index is 2.13. The first-order valence-electron chi connectivity index (χ1n) is 5.53. The zero-order valence-corrected chi connectivity index (χ0v) is 12.3. The van der Waals surface area contributed by atoms with Gasteiger partial charge in [0.15, 0.2) is 0 Å². The van der Waals surface area contributed by atoms with Gasteiger partial charge < -0.3 is 5.32 Å². The Morgan fingerprint density at radius 3 is 2.59 bits per heavy atom. The van der Waals surface area contributed by atoms with Crippen molar-refractivity contribution < 1.29 is 0 Å². The molecule has 1 aromatic heterocycles. The summed E-state index contributed by atoms with van der Waals surface area (Å²) in [6.07, 6.45) is 0.941. The van der Waals surface area contributed by atoms with Crippen LogP contribution in [0.5, 0.6) is 0 Å². The summed E-state index contributed by atoms with van der Waals surface area (Å²) in [6, 6.07) is 8.77. The molecular formula is C13H15BrN2S. The van der Waals surface area contributed by atoms with Crippen molar-refractivity contribution in [1.29, 1.82) is 0 Å². The minimum Gasteiger partial charge on any atom is -0.313 e. The SMILES string of the molecule is CNC(Cc1nc(C)cs1)c1ccc(Br)cc1. The Bertz CT molecular complexity index is 478. The van der Waals surface area contributed by atoms with Crippen LogP contribution in [0.1, 0.15) is 22.3 Å². The lowest BCUT2D eigenvalue weighted by Gasteiger charge is -2.15. The normalized spacial score (nSPS) is 12.6. The second kappa shape index (κ2) is 5.76. The Hall–Kier alpha value is -0.710. The first-order valence-corrected chi connectivity index (χ1v) is 7.20.